The van der Waals surface area contributed by atoms with Crippen LogP contribution in [0.2, 0.25) is 0 Å². The third-order valence-electron chi connectivity index (χ3n) is 5.45. The van der Waals surface area contributed by atoms with E-state index in [1.54, 1.807) is 0 Å². The van der Waals surface area contributed by atoms with Gasteiger partial charge in [-0.3, -0.25) is 0 Å². The third kappa shape index (κ3) is 3.50. The van der Waals surface area contributed by atoms with Crippen molar-refractivity contribution in [1.82, 2.24) is 0 Å². The van der Waals surface area contributed by atoms with Crippen LogP contribution < -0.4 is 0 Å². The molecule has 0 radical (unpaired) electrons. The molecule has 0 N–H and O–H groups in total. The zero-order chi connectivity index (χ0) is 29.5. The van der Waals surface area contributed by atoms with E-state index in [9.17, 15) is 65.9 Å². The van der Waals surface area contributed by atoms with Gasteiger partial charge < -0.3 is 0 Å². The van der Waals surface area contributed by atoms with E-state index in [4.69, 9.17) is 0 Å². The molecular formula is C20H8F17S+. The molecule has 1 aromatic heterocycles. The van der Waals surface area contributed by atoms with E-state index in [1.807, 2.05) is 0 Å². The molecule has 3 rings (SSSR count). The first-order valence-electron chi connectivity index (χ1n) is 9.48. The SMILES string of the molecule is FC(F)(F)C(F)(F)C(F)(F)C(F)(F)C(F)(F)C(F)(F)C(F)(F)C(F)(F)[s+]1c2ccccc2c2ccccc21. The number of hydrogen-bond acceptors (Lipinski definition) is 0. The molecule has 0 bridgehead atoms. The Morgan fingerprint density at radius 3 is 1.00 bits per heavy atom. The van der Waals surface area contributed by atoms with Crippen molar-refractivity contribution in [1.29, 1.82) is 0 Å². The molecule has 0 saturated heterocycles. The monoisotopic (exact) mass is 603 g/mol. The second-order valence-electron chi connectivity index (χ2n) is 7.76. The lowest BCUT2D eigenvalue weighted by Crippen LogP contribution is -2.73. The summed E-state index contributed by atoms with van der Waals surface area (Å²) in [7, 11) is -3.67. The van der Waals surface area contributed by atoms with Crippen LogP contribution in [-0.4, -0.2) is 41.7 Å². The number of halogens is 17. The van der Waals surface area contributed by atoms with Gasteiger partial charge in [0.1, 0.15) is 0 Å². The van der Waals surface area contributed by atoms with Crippen LogP contribution in [0.5, 0.6) is 0 Å². The van der Waals surface area contributed by atoms with Gasteiger partial charge in [0.15, 0.2) is 9.40 Å². The minimum atomic E-state index is -8.64. The summed E-state index contributed by atoms with van der Waals surface area (Å²) in [4.78, 5) is 0. The topological polar surface area (TPSA) is 0 Å². The Labute approximate surface area is 201 Å². The lowest BCUT2D eigenvalue weighted by molar-refractivity contribution is -0.460. The fourth-order valence-corrected chi connectivity index (χ4v) is 5.81. The quantitative estimate of drug-likeness (QED) is 0.186. The molecule has 1 heterocycles. The normalized spacial score (nSPS) is 15.5. The lowest BCUT2D eigenvalue weighted by atomic mass is 9.91. The molecule has 38 heavy (non-hydrogen) atoms. The number of benzene rings is 2. The average molecular weight is 603 g/mol. The summed E-state index contributed by atoms with van der Waals surface area (Å²) in [6, 6.07) is 7.48. The largest absolute Gasteiger partial charge is 0.503 e. The van der Waals surface area contributed by atoms with Gasteiger partial charge in [-0.1, -0.05) is 24.3 Å². The van der Waals surface area contributed by atoms with Crippen molar-refractivity contribution >= 4 is 30.6 Å². The van der Waals surface area contributed by atoms with Crippen molar-refractivity contribution in [2.75, 3.05) is 0 Å². The van der Waals surface area contributed by atoms with Crippen molar-refractivity contribution in [2.24, 2.45) is 0 Å². The first-order chi connectivity index (χ1) is 16.8. The van der Waals surface area contributed by atoms with Crippen molar-refractivity contribution in [3.63, 3.8) is 0 Å². The Morgan fingerprint density at radius 1 is 0.368 bits per heavy atom. The Hall–Kier alpha value is -2.53. The van der Waals surface area contributed by atoms with Crippen LogP contribution in [0.1, 0.15) is 0 Å². The van der Waals surface area contributed by atoms with E-state index in [2.05, 4.69) is 0 Å². The molecule has 0 saturated carbocycles. The van der Waals surface area contributed by atoms with Crippen molar-refractivity contribution in [3.05, 3.63) is 48.5 Å². The predicted molar refractivity (Wildman–Crippen MR) is 99.9 cm³/mol. The van der Waals surface area contributed by atoms with E-state index in [0.717, 1.165) is 36.4 Å². The number of hydrogen-bond donors (Lipinski definition) is 0. The van der Waals surface area contributed by atoms with Gasteiger partial charge in [-0.15, -0.1) is 8.78 Å². The summed E-state index contributed by atoms with van der Waals surface area (Å²) in [6.07, 6.45) is -7.78. The summed E-state index contributed by atoms with van der Waals surface area (Å²) < 4.78 is 231. The fourth-order valence-electron chi connectivity index (χ4n) is 3.41. The van der Waals surface area contributed by atoms with Crippen LogP contribution in [-0.2, 0) is 5.25 Å². The Kier molecular flexibility index (Phi) is 6.51. The van der Waals surface area contributed by atoms with E-state index >= 15 is 8.78 Å². The molecule has 0 aliphatic heterocycles. The summed E-state index contributed by atoms with van der Waals surface area (Å²) in [5.41, 5.74) is 0. The molecule has 0 atom stereocenters. The zero-order valence-electron chi connectivity index (χ0n) is 17.5. The molecule has 0 amide bonds. The van der Waals surface area contributed by atoms with Gasteiger partial charge in [-0.2, -0.15) is 65.9 Å². The van der Waals surface area contributed by atoms with Crippen LogP contribution in [0.4, 0.5) is 74.6 Å². The number of thiophene rings is 1. The van der Waals surface area contributed by atoms with Gasteiger partial charge in [0.2, 0.25) is 0 Å². The van der Waals surface area contributed by atoms with Crippen LogP contribution >= 0.6 is 10.5 Å². The number of fused-ring (bicyclic) bond motifs is 3. The van der Waals surface area contributed by atoms with E-state index in [1.165, 1.54) is 0 Å². The van der Waals surface area contributed by atoms with Gasteiger partial charge in [0.25, 0.3) is 0 Å². The fraction of sp³-hybridized carbons (Fsp3) is 0.400. The molecule has 212 valence electrons. The highest BCUT2D eigenvalue weighted by Gasteiger charge is 2.96. The molecule has 18 heteroatoms. The first-order valence-corrected chi connectivity index (χ1v) is 10.7. The molecule has 0 unspecified atom stereocenters. The first kappa shape index (κ1) is 30.0. The molecule has 3 aromatic rings. The van der Waals surface area contributed by atoms with Crippen molar-refractivity contribution < 1.29 is 74.6 Å². The Bertz CT molecular complexity index is 1300. The molecule has 0 aliphatic rings. The highest BCUT2D eigenvalue weighted by molar-refractivity contribution is 7.44. The average Bonchev–Trinajstić information content (AvgIpc) is 3.12. The summed E-state index contributed by atoms with van der Waals surface area (Å²) in [5, 5.41) is -7.13. The van der Waals surface area contributed by atoms with Crippen LogP contribution in [0.3, 0.4) is 0 Å². The van der Waals surface area contributed by atoms with Crippen LogP contribution in [0.25, 0.3) is 20.2 Å². The van der Waals surface area contributed by atoms with Crippen LogP contribution in [0, 0.1) is 0 Å². The van der Waals surface area contributed by atoms with Gasteiger partial charge >= 0.3 is 47.0 Å². The molecule has 0 fully saturated rings. The highest BCUT2D eigenvalue weighted by Crippen LogP contribution is 2.68. The van der Waals surface area contributed by atoms with Crippen molar-refractivity contribution in [3.8, 4) is 0 Å². The van der Waals surface area contributed by atoms with E-state index in [0.29, 0.717) is 12.1 Å². The third-order valence-corrected chi connectivity index (χ3v) is 7.81. The zero-order valence-corrected chi connectivity index (χ0v) is 18.3. The minimum absolute atomic E-state index is 0.307. The predicted octanol–water partition coefficient (Wildman–Crippen LogP) is 9.67. The molecule has 0 aliphatic carbocycles. The number of rotatable bonds is 7. The Morgan fingerprint density at radius 2 is 0.658 bits per heavy atom. The Balaban J connectivity index is 2.27. The second kappa shape index (κ2) is 8.24. The van der Waals surface area contributed by atoms with E-state index < -0.39 is 66.8 Å². The smallest absolute Gasteiger partial charge is 0.192 e. The van der Waals surface area contributed by atoms with Gasteiger partial charge in [0, 0.05) is 10.8 Å². The summed E-state index contributed by atoms with van der Waals surface area (Å²) in [6.45, 7) is 0. The number of alkyl halides is 17. The maximum absolute atomic E-state index is 15.1. The van der Waals surface area contributed by atoms with Crippen LogP contribution in [0.15, 0.2) is 48.5 Å². The highest BCUT2D eigenvalue weighted by atomic mass is 32.2. The van der Waals surface area contributed by atoms with E-state index in [-0.39, 0.29) is 10.8 Å². The minimum Gasteiger partial charge on any atom is -0.192 e. The standard InChI is InChI=1S/C20H8F17S/c21-13(22,15(25,26)17(29,30)19(33,34)35)14(23,24)16(27,28)18(31,32)20(36,37)38-11-7-3-1-5-9(11)10-6-2-4-8-12(10)38/h1-8H/q+1. The molecule has 0 spiro atoms. The molecule has 2 aromatic carbocycles. The summed E-state index contributed by atoms with van der Waals surface area (Å²) in [5.74, 6) is -50.0. The molecule has 0 nitrogen and oxygen atoms in total. The summed E-state index contributed by atoms with van der Waals surface area (Å²) >= 11 is 0. The maximum atomic E-state index is 15.1. The van der Waals surface area contributed by atoms with Gasteiger partial charge in [0.05, 0.1) is 10.5 Å². The lowest BCUT2D eigenvalue weighted by Gasteiger charge is -2.41. The second-order valence-corrected chi connectivity index (χ2v) is 9.76. The van der Waals surface area contributed by atoms with Crippen molar-refractivity contribution in [2.45, 2.75) is 47.0 Å². The van der Waals surface area contributed by atoms with Gasteiger partial charge in [-0.25, -0.2) is 0 Å². The maximum Gasteiger partial charge on any atom is 0.503 e. The molecular weight excluding hydrogens is 595 g/mol. The van der Waals surface area contributed by atoms with Gasteiger partial charge in [-0.05, 0) is 24.3 Å².